The third kappa shape index (κ3) is 2.05. The number of nitrogens with zero attached hydrogens (tertiary/aromatic N) is 2. The van der Waals surface area contributed by atoms with E-state index >= 15 is 0 Å². The molecule has 1 aromatic carbocycles. The Balaban J connectivity index is 1.52. The van der Waals surface area contributed by atoms with E-state index in [1.807, 2.05) is 44.2 Å². The first kappa shape index (κ1) is 15.4. The fourth-order valence-corrected chi connectivity index (χ4v) is 4.14. The number of fused-ring (bicyclic) bond motifs is 2. The van der Waals surface area contributed by atoms with Gasteiger partial charge in [0.1, 0.15) is 12.8 Å². The molecule has 0 bridgehead atoms. The van der Waals surface area contributed by atoms with Crippen molar-refractivity contribution in [3.63, 3.8) is 0 Å². The van der Waals surface area contributed by atoms with E-state index in [1.165, 1.54) is 0 Å². The van der Waals surface area contributed by atoms with Gasteiger partial charge in [-0.25, -0.2) is 4.79 Å². The first-order valence-corrected chi connectivity index (χ1v) is 8.41. The zero-order valence-electron chi connectivity index (χ0n) is 14.0. The normalized spacial score (nSPS) is 30.4. The standard InChI is InChI=1S/C18H22N2O4/c1-17(2)12-19(16(22)23-11-13-7-4-3-5-8-13)14-18(9-6-10-24-18)15(21)20(14)17/h3-5,7-8,14H,6,9-12H2,1-2H3/t14-,18+/m0/s1. The molecule has 3 aliphatic heterocycles. The van der Waals surface area contributed by atoms with Crippen molar-refractivity contribution in [2.75, 3.05) is 13.2 Å². The van der Waals surface area contributed by atoms with Crippen LogP contribution < -0.4 is 0 Å². The predicted molar refractivity (Wildman–Crippen MR) is 86.0 cm³/mol. The fraction of sp³-hybridized carbons (Fsp3) is 0.556. The number of amides is 2. The Morgan fingerprint density at radius 2 is 2.08 bits per heavy atom. The molecular weight excluding hydrogens is 308 g/mol. The summed E-state index contributed by atoms with van der Waals surface area (Å²) < 4.78 is 11.3. The summed E-state index contributed by atoms with van der Waals surface area (Å²) in [4.78, 5) is 28.7. The van der Waals surface area contributed by atoms with Crippen molar-refractivity contribution in [1.29, 1.82) is 0 Å². The second-order valence-electron chi connectivity index (χ2n) is 7.37. The molecule has 0 radical (unpaired) electrons. The SMILES string of the molecule is CC1(C)CN(C(=O)OCc2ccccc2)[C@H]2N1C(=O)[C@@]21CCCO1. The van der Waals surface area contributed by atoms with E-state index < -0.39 is 11.1 Å². The molecule has 2 atom stereocenters. The molecule has 2 amide bonds. The Hall–Kier alpha value is -2.08. The van der Waals surface area contributed by atoms with Crippen molar-refractivity contribution >= 4 is 12.0 Å². The Morgan fingerprint density at radius 3 is 2.75 bits per heavy atom. The van der Waals surface area contributed by atoms with Gasteiger partial charge in [0, 0.05) is 13.2 Å². The number of benzene rings is 1. The summed E-state index contributed by atoms with van der Waals surface area (Å²) in [6.45, 7) is 5.21. The van der Waals surface area contributed by atoms with Crippen LogP contribution in [0.4, 0.5) is 4.79 Å². The fourth-order valence-electron chi connectivity index (χ4n) is 4.14. The summed E-state index contributed by atoms with van der Waals surface area (Å²) in [6.07, 6.45) is 0.794. The molecule has 6 heteroatoms. The van der Waals surface area contributed by atoms with Crippen LogP contribution in [0.15, 0.2) is 30.3 Å². The number of rotatable bonds is 2. The average Bonchev–Trinajstić information content (AvgIpc) is 3.16. The van der Waals surface area contributed by atoms with Gasteiger partial charge in [0.2, 0.25) is 0 Å². The maximum atomic E-state index is 12.7. The Morgan fingerprint density at radius 1 is 1.33 bits per heavy atom. The highest BCUT2D eigenvalue weighted by Crippen LogP contribution is 2.51. The van der Waals surface area contributed by atoms with Gasteiger partial charge < -0.3 is 14.4 Å². The van der Waals surface area contributed by atoms with Gasteiger partial charge in [-0.2, -0.15) is 0 Å². The summed E-state index contributed by atoms with van der Waals surface area (Å²) in [7, 11) is 0. The lowest BCUT2D eigenvalue weighted by atomic mass is 9.83. The van der Waals surface area contributed by atoms with Gasteiger partial charge in [0.25, 0.3) is 5.91 Å². The number of ether oxygens (including phenoxy) is 2. The molecule has 1 aromatic rings. The van der Waals surface area contributed by atoms with Crippen molar-refractivity contribution < 1.29 is 19.1 Å². The lowest BCUT2D eigenvalue weighted by Crippen LogP contribution is -2.77. The van der Waals surface area contributed by atoms with E-state index in [-0.39, 0.29) is 24.8 Å². The topological polar surface area (TPSA) is 59.1 Å². The number of β-lactam (4-membered cyclic amide) rings is 1. The molecular formula is C18H22N2O4. The zero-order valence-corrected chi connectivity index (χ0v) is 14.0. The zero-order chi connectivity index (χ0) is 16.9. The van der Waals surface area contributed by atoms with Crippen LogP contribution >= 0.6 is 0 Å². The Labute approximate surface area is 141 Å². The van der Waals surface area contributed by atoms with E-state index in [0.29, 0.717) is 19.6 Å². The molecule has 0 aliphatic carbocycles. The second-order valence-corrected chi connectivity index (χ2v) is 7.37. The summed E-state index contributed by atoms with van der Waals surface area (Å²) in [5, 5.41) is 0. The van der Waals surface area contributed by atoms with Crippen molar-refractivity contribution in [3.8, 4) is 0 Å². The van der Waals surface area contributed by atoms with Gasteiger partial charge in [-0.05, 0) is 32.3 Å². The van der Waals surface area contributed by atoms with Gasteiger partial charge in [0.15, 0.2) is 5.60 Å². The maximum absolute atomic E-state index is 12.7. The van der Waals surface area contributed by atoms with Crippen molar-refractivity contribution in [2.45, 2.75) is 50.6 Å². The molecule has 1 spiro atoms. The van der Waals surface area contributed by atoms with E-state index in [0.717, 1.165) is 12.0 Å². The van der Waals surface area contributed by atoms with Crippen LogP contribution in [0.2, 0.25) is 0 Å². The minimum absolute atomic E-state index is 0.00774. The number of carbonyl (C=O) groups excluding carboxylic acids is 2. The predicted octanol–water partition coefficient (Wildman–Crippen LogP) is 2.13. The van der Waals surface area contributed by atoms with Crippen LogP contribution in [-0.2, 0) is 20.9 Å². The monoisotopic (exact) mass is 330 g/mol. The van der Waals surface area contributed by atoms with E-state index in [2.05, 4.69) is 0 Å². The number of hydrogen-bond donors (Lipinski definition) is 0. The maximum Gasteiger partial charge on any atom is 0.411 e. The molecule has 24 heavy (non-hydrogen) atoms. The molecule has 128 valence electrons. The largest absolute Gasteiger partial charge is 0.444 e. The number of carbonyl (C=O) groups is 2. The minimum atomic E-state index is -0.848. The molecule has 3 saturated heterocycles. The molecule has 6 nitrogen and oxygen atoms in total. The van der Waals surface area contributed by atoms with E-state index in [1.54, 1.807) is 9.80 Å². The number of hydrogen-bond acceptors (Lipinski definition) is 4. The highest BCUT2D eigenvalue weighted by Gasteiger charge is 2.73. The third-order valence-corrected chi connectivity index (χ3v) is 5.24. The lowest BCUT2D eigenvalue weighted by Gasteiger charge is -2.54. The summed E-state index contributed by atoms with van der Waals surface area (Å²) in [5.74, 6) is 0.00774. The lowest BCUT2D eigenvalue weighted by molar-refractivity contribution is -0.207. The molecule has 0 unspecified atom stereocenters. The molecule has 3 fully saturated rings. The summed E-state index contributed by atoms with van der Waals surface area (Å²) in [6, 6.07) is 9.59. The molecule has 0 aromatic heterocycles. The van der Waals surface area contributed by atoms with E-state index in [4.69, 9.17) is 9.47 Å². The quantitative estimate of drug-likeness (QED) is 0.780. The van der Waals surface area contributed by atoms with Crippen molar-refractivity contribution in [1.82, 2.24) is 9.80 Å². The molecule has 3 aliphatic rings. The molecule has 4 rings (SSSR count). The smallest absolute Gasteiger partial charge is 0.411 e. The van der Waals surface area contributed by atoms with Crippen LogP contribution in [0.5, 0.6) is 0 Å². The van der Waals surface area contributed by atoms with Crippen LogP contribution in [0, 0.1) is 0 Å². The van der Waals surface area contributed by atoms with Crippen LogP contribution in [0.1, 0.15) is 32.3 Å². The second kappa shape index (κ2) is 5.21. The Kier molecular flexibility index (Phi) is 3.35. The van der Waals surface area contributed by atoms with Crippen LogP contribution in [0.3, 0.4) is 0 Å². The first-order valence-electron chi connectivity index (χ1n) is 8.41. The summed E-state index contributed by atoms with van der Waals surface area (Å²) in [5.41, 5.74) is -0.303. The molecule has 0 N–H and O–H groups in total. The summed E-state index contributed by atoms with van der Waals surface area (Å²) >= 11 is 0. The van der Waals surface area contributed by atoms with E-state index in [9.17, 15) is 9.59 Å². The van der Waals surface area contributed by atoms with Gasteiger partial charge >= 0.3 is 6.09 Å². The first-order chi connectivity index (χ1) is 11.5. The van der Waals surface area contributed by atoms with Gasteiger partial charge in [0.05, 0.1) is 5.54 Å². The van der Waals surface area contributed by atoms with Crippen molar-refractivity contribution in [2.24, 2.45) is 0 Å². The van der Waals surface area contributed by atoms with Crippen LogP contribution in [-0.4, -0.2) is 52.3 Å². The van der Waals surface area contributed by atoms with Gasteiger partial charge in [-0.3, -0.25) is 9.69 Å². The average molecular weight is 330 g/mol. The van der Waals surface area contributed by atoms with Gasteiger partial charge in [-0.1, -0.05) is 30.3 Å². The minimum Gasteiger partial charge on any atom is -0.444 e. The van der Waals surface area contributed by atoms with Crippen molar-refractivity contribution in [3.05, 3.63) is 35.9 Å². The van der Waals surface area contributed by atoms with Crippen LogP contribution in [0.25, 0.3) is 0 Å². The molecule has 3 heterocycles. The van der Waals surface area contributed by atoms with Gasteiger partial charge in [-0.15, -0.1) is 0 Å². The highest BCUT2D eigenvalue weighted by atomic mass is 16.6. The highest BCUT2D eigenvalue weighted by molar-refractivity contribution is 5.96. The Bertz CT molecular complexity index is 667. The molecule has 0 saturated carbocycles. The third-order valence-electron chi connectivity index (χ3n) is 5.24.